The van der Waals surface area contributed by atoms with Crippen LogP contribution in [0.4, 0.5) is 15.8 Å². The quantitative estimate of drug-likeness (QED) is 0.296. The summed E-state index contributed by atoms with van der Waals surface area (Å²) in [5, 5.41) is 4.82. The van der Waals surface area contributed by atoms with Crippen LogP contribution in [0, 0.1) is 5.82 Å². The monoisotopic (exact) mass is 501 g/mol. The lowest BCUT2D eigenvalue weighted by Gasteiger charge is -2.31. The van der Waals surface area contributed by atoms with E-state index in [1.165, 1.54) is 35.6 Å². The van der Waals surface area contributed by atoms with Crippen LogP contribution < -0.4 is 10.2 Å². The third-order valence-electron chi connectivity index (χ3n) is 6.01. The van der Waals surface area contributed by atoms with Crippen LogP contribution in [-0.4, -0.2) is 30.8 Å². The average Bonchev–Trinajstić information content (AvgIpc) is 3.43. The first kappa shape index (κ1) is 25.1. The maximum absolute atomic E-state index is 13.7. The van der Waals surface area contributed by atoms with E-state index in [-0.39, 0.29) is 17.9 Å². The van der Waals surface area contributed by atoms with Crippen molar-refractivity contribution in [3.8, 4) is 0 Å². The molecule has 0 bridgehead atoms. The number of carbonyl (C=O) groups is 2. The second-order valence-corrected chi connectivity index (χ2v) is 9.64. The fourth-order valence-corrected chi connectivity index (χ4v) is 4.68. The SMILES string of the molecule is C[C@@H](c1ccccc1)N(Cc1cc(NC(=O)c2cccs2)ccc1N(C)C)C(=O)c1ccc(F)cc1. The second kappa shape index (κ2) is 11.2. The first-order chi connectivity index (χ1) is 17.3. The summed E-state index contributed by atoms with van der Waals surface area (Å²) in [6.07, 6.45) is 0. The van der Waals surface area contributed by atoms with E-state index >= 15 is 0 Å². The molecule has 3 aromatic carbocycles. The van der Waals surface area contributed by atoms with Crippen molar-refractivity contribution in [2.24, 2.45) is 0 Å². The molecule has 5 nitrogen and oxygen atoms in total. The molecule has 184 valence electrons. The molecule has 1 N–H and O–H groups in total. The van der Waals surface area contributed by atoms with E-state index in [0.29, 0.717) is 22.7 Å². The van der Waals surface area contributed by atoms with Gasteiger partial charge in [0.1, 0.15) is 5.82 Å². The highest BCUT2D eigenvalue weighted by molar-refractivity contribution is 7.12. The number of nitrogens with zero attached hydrogens (tertiary/aromatic N) is 2. The summed E-state index contributed by atoms with van der Waals surface area (Å²) in [4.78, 5) is 30.7. The standard InChI is InChI=1S/C29H28FN3O2S/c1-20(21-8-5-4-6-9-21)33(29(35)22-11-13-24(30)14-12-22)19-23-18-25(15-16-26(23)32(2)3)31-28(34)27-10-7-17-36-27/h4-18,20H,19H2,1-3H3,(H,31,34)/t20-/m0/s1. The van der Waals surface area contributed by atoms with Crippen LogP contribution in [0.5, 0.6) is 0 Å². The van der Waals surface area contributed by atoms with Gasteiger partial charge in [0, 0.05) is 37.6 Å². The van der Waals surface area contributed by atoms with Gasteiger partial charge in [0.05, 0.1) is 10.9 Å². The van der Waals surface area contributed by atoms with E-state index in [4.69, 9.17) is 0 Å². The van der Waals surface area contributed by atoms with Gasteiger partial charge in [-0.05, 0) is 72.0 Å². The van der Waals surface area contributed by atoms with Crippen molar-refractivity contribution in [3.63, 3.8) is 0 Å². The largest absolute Gasteiger partial charge is 0.377 e. The summed E-state index contributed by atoms with van der Waals surface area (Å²) >= 11 is 1.38. The van der Waals surface area contributed by atoms with Crippen molar-refractivity contribution in [2.75, 3.05) is 24.3 Å². The summed E-state index contributed by atoms with van der Waals surface area (Å²) in [6, 6.07) is 24.5. The molecule has 0 aliphatic heterocycles. The second-order valence-electron chi connectivity index (χ2n) is 8.70. The summed E-state index contributed by atoms with van der Waals surface area (Å²) in [7, 11) is 3.88. The molecule has 1 aromatic heterocycles. The highest BCUT2D eigenvalue weighted by atomic mass is 32.1. The third kappa shape index (κ3) is 5.80. The number of hydrogen-bond acceptors (Lipinski definition) is 4. The summed E-state index contributed by atoms with van der Waals surface area (Å²) in [5.41, 5.74) is 3.85. The van der Waals surface area contributed by atoms with Crippen molar-refractivity contribution in [3.05, 3.63) is 118 Å². The first-order valence-electron chi connectivity index (χ1n) is 11.6. The number of benzene rings is 3. The Kier molecular flexibility index (Phi) is 7.80. The van der Waals surface area contributed by atoms with Gasteiger partial charge in [-0.3, -0.25) is 9.59 Å². The normalized spacial score (nSPS) is 11.6. The summed E-state index contributed by atoms with van der Waals surface area (Å²) in [6.45, 7) is 2.27. The van der Waals surface area contributed by atoms with Crippen molar-refractivity contribution in [1.29, 1.82) is 0 Å². The minimum atomic E-state index is -0.390. The Morgan fingerprint density at radius 2 is 1.67 bits per heavy atom. The lowest BCUT2D eigenvalue weighted by atomic mass is 10.0. The molecule has 0 saturated heterocycles. The molecule has 1 atom stereocenters. The molecule has 36 heavy (non-hydrogen) atoms. The molecule has 1 heterocycles. The fourth-order valence-electron chi connectivity index (χ4n) is 4.06. The average molecular weight is 502 g/mol. The Morgan fingerprint density at radius 3 is 2.31 bits per heavy atom. The number of rotatable bonds is 8. The van der Waals surface area contributed by atoms with E-state index in [0.717, 1.165) is 16.8 Å². The van der Waals surface area contributed by atoms with Crippen molar-refractivity contribution < 1.29 is 14.0 Å². The molecule has 0 aliphatic rings. The minimum absolute atomic E-state index is 0.176. The lowest BCUT2D eigenvalue weighted by molar-refractivity contribution is 0.0674. The molecule has 0 radical (unpaired) electrons. The molecule has 7 heteroatoms. The molecule has 0 unspecified atom stereocenters. The van der Waals surface area contributed by atoms with E-state index in [9.17, 15) is 14.0 Å². The van der Waals surface area contributed by atoms with E-state index in [1.54, 1.807) is 11.0 Å². The van der Waals surface area contributed by atoms with Gasteiger partial charge in [0.15, 0.2) is 0 Å². The molecule has 4 rings (SSSR count). The van der Waals surface area contributed by atoms with Gasteiger partial charge < -0.3 is 15.1 Å². The molecule has 0 aliphatic carbocycles. The zero-order valence-electron chi connectivity index (χ0n) is 20.4. The van der Waals surface area contributed by atoms with Crippen LogP contribution in [0.3, 0.4) is 0 Å². The van der Waals surface area contributed by atoms with Crippen molar-refractivity contribution in [2.45, 2.75) is 19.5 Å². The number of nitrogens with one attached hydrogen (secondary N) is 1. The van der Waals surface area contributed by atoms with Gasteiger partial charge in [0.2, 0.25) is 0 Å². The predicted molar refractivity (Wildman–Crippen MR) is 144 cm³/mol. The molecular weight excluding hydrogens is 473 g/mol. The van der Waals surface area contributed by atoms with Gasteiger partial charge >= 0.3 is 0 Å². The molecule has 4 aromatic rings. The smallest absolute Gasteiger partial charge is 0.265 e. The number of halogens is 1. The molecule has 0 spiro atoms. The zero-order valence-corrected chi connectivity index (χ0v) is 21.3. The van der Waals surface area contributed by atoms with Gasteiger partial charge in [-0.15, -0.1) is 11.3 Å². The van der Waals surface area contributed by atoms with Gasteiger partial charge in [-0.2, -0.15) is 0 Å². The fraction of sp³-hybridized carbons (Fsp3) is 0.172. The third-order valence-corrected chi connectivity index (χ3v) is 6.87. The summed E-state index contributed by atoms with van der Waals surface area (Å²) < 4.78 is 13.5. The van der Waals surface area contributed by atoms with Crippen LogP contribution in [0.25, 0.3) is 0 Å². The Hall–Kier alpha value is -3.97. The Balaban J connectivity index is 1.70. The maximum Gasteiger partial charge on any atom is 0.265 e. The zero-order chi connectivity index (χ0) is 25.7. The lowest BCUT2D eigenvalue weighted by Crippen LogP contribution is -2.33. The molecule has 2 amide bonds. The maximum atomic E-state index is 13.7. The van der Waals surface area contributed by atoms with Crippen LogP contribution in [-0.2, 0) is 6.54 Å². The Labute approximate surface area is 214 Å². The van der Waals surface area contributed by atoms with E-state index in [1.807, 2.05) is 85.9 Å². The van der Waals surface area contributed by atoms with Gasteiger partial charge in [0.25, 0.3) is 11.8 Å². The highest BCUT2D eigenvalue weighted by Crippen LogP contribution is 2.30. The van der Waals surface area contributed by atoms with Crippen LogP contribution in [0.15, 0.2) is 90.3 Å². The Bertz CT molecular complexity index is 1320. The van der Waals surface area contributed by atoms with Gasteiger partial charge in [-0.25, -0.2) is 4.39 Å². The van der Waals surface area contributed by atoms with Crippen LogP contribution in [0.2, 0.25) is 0 Å². The predicted octanol–water partition coefficient (Wildman–Crippen LogP) is 6.61. The van der Waals surface area contributed by atoms with Crippen molar-refractivity contribution in [1.82, 2.24) is 4.90 Å². The molecular formula is C29H28FN3O2S. The molecule has 0 saturated carbocycles. The number of anilines is 2. The highest BCUT2D eigenvalue weighted by Gasteiger charge is 2.25. The van der Waals surface area contributed by atoms with E-state index in [2.05, 4.69) is 5.32 Å². The van der Waals surface area contributed by atoms with E-state index < -0.39 is 5.82 Å². The number of hydrogen-bond donors (Lipinski definition) is 1. The number of amides is 2. The number of thiophene rings is 1. The van der Waals surface area contributed by atoms with Crippen LogP contribution in [0.1, 0.15) is 44.1 Å². The van der Waals surface area contributed by atoms with Crippen molar-refractivity contribution >= 4 is 34.5 Å². The Morgan fingerprint density at radius 1 is 0.944 bits per heavy atom. The summed E-state index contributed by atoms with van der Waals surface area (Å²) in [5.74, 6) is -0.771. The van der Waals surface area contributed by atoms with Gasteiger partial charge in [-0.1, -0.05) is 36.4 Å². The first-order valence-corrected chi connectivity index (χ1v) is 12.5. The number of carbonyl (C=O) groups excluding carboxylic acids is 2. The van der Waals surface area contributed by atoms with Crippen LogP contribution >= 0.6 is 11.3 Å². The minimum Gasteiger partial charge on any atom is -0.377 e. The molecule has 0 fully saturated rings. The topological polar surface area (TPSA) is 52.7 Å².